The number of aromatic nitrogens is 2. The molecular formula is C12H20N2O. The van der Waals surface area contributed by atoms with Gasteiger partial charge in [0.1, 0.15) is 5.78 Å². The van der Waals surface area contributed by atoms with Gasteiger partial charge in [-0.25, -0.2) is 0 Å². The predicted molar refractivity (Wildman–Crippen MR) is 60.8 cm³/mol. The third kappa shape index (κ3) is 3.50. The summed E-state index contributed by atoms with van der Waals surface area (Å²) in [6.45, 7) is 6.20. The van der Waals surface area contributed by atoms with Crippen LogP contribution in [0.15, 0.2) is 12.3 Å². The van der Waals surface area contributed by atoms with Crippen LogP contribution >= 0.6 is 0 Å². The number of aryl methyl sites for hydroxylation is 1. The molecule has 0 aromatic carbocycles. The molecule has 0 saturated carbocycles. The molecule has 1 unspecified atom stereocenters. The van der Waals surface area contributed by atoms with Crippen molar-refractivity contribution in [2.24, 2.45) is 0 Å². The Bertz CT molecular complexity index is 317. The zero-order valence-corrected chi connectivity index (χ0v) is 9.86. The Labute approximate surface area is 91.5 Å². The highest BCUT2D eigenvalue weighted by Gasteiger charge is 2.05. The van der Waals surface area contributed by atoms with Gasteiger partial charge in [-0.2, -0.15) is 5.10 Å². The SMILES string of the molecule is CCC(=O)CCc1ccn(C(C)CC)n1. The first-order chi connectivity index (χ1) is 7.17. The van der Waals surface area contributed by atoms with Gasteiger partial charge >= 0.3 is 0 Å². The second kappa shape index (κ2) is 5.69. The highest BCUT2D eigenvalue weighted by atomic mass is 16.1. The molecule has 1 aromatic rings. The van der Waals surface area contributed by atoms with E-state index in [1.54, 1.807) is 0 Å². The van der Waals surface area contributed by atoms with Crippen molar-refractivity contribution >= 4 is 5.78 Å². The first-order valence-electron chi connectivity index (χ1n) is 5.73. The minimum atomic E-state index is 0.313. The Balaban J connectivity index is 2.49. The van der Waals surface area contributed by atoms with Crippen LogP contribution in [0.4, 0.5) is 0 Å². The lowest BCUT2D eigenvalue weighted by Crippen LogP contribution is -2.05. The van der Waals surface area contributed by atoms with Crippen LogP contribution in [0.3, 0.4) is 0 Å². The third-order valence-corrected chi connectivity index (χ3v) is 2.76. The van der Waals surface area contributed by atoms with E-state index in [-0.39, 0.29) is 0 Å². The van der Waals surface area contributed by atoms with Crippen LogP contribution in [-0.4, -0.2) is 15.6 Å². The van der Waals surface area contributed by atoms with Crippen molar-refractivity contribution in [3.8, 4) is 0 Å². The second-order valence-electron chi connectivity index (χ2n) is 3.94. The summed E-state index contributed by atoms with van der Waals surface area (Å²) < 4.78 is 1.98. The van der Waals surface area contributed by atoms with Crippen molar-refractivity contribution in [3.63, 3.8) is 0 Å². The van der Waals surface area contributed by atoms with Crippen molar-refractivity contribution in [2.45, 2.75) is 52.5 Å². The van der Waals surface area contributed by atoms with Crippen molar-refractivity contribution < 1.29 is 4.79 Å². The number of rotatable bonds is 6. The Kier molecular flexibility index (Phi) is 4.53. The highest BCUT2D eigenvalue weighted by molar-refractivity contribution is 5.78. The molecule has 84 valence electrons. The summed E-state index contributed by atoms with van der Waals surface area (Å²) in [7, 11) is 0. The van der Waals surface area contributed by atoms with Crippen LogP contribution in [-0.2, 0) is 11.2 Å². The molecule has 0 aliphatic heterocycles. The van der Waals surface area contributed by atoms with Gasteiger partial charge in [-0.05, 0) is 25.8 Å². The molecule has 3 heteroatoms. The minimum absolute atomic E-state index is 0.313. The van der Waals surface area contributed by atoms with E-state index in [1.807, 2.05) is 23.9 Å². The number of ketones is 1. The molecule has 0 spiro atoms. The number of carbonyl (C=O) groups is 1. The molecule has 0 saturated heterocycles. The molecule has 1 rings (SSSR count). The van der Waals surface area contributed by atoms with Gasteiger partial charge in [0.05, 0.1) is 5.69 Å². The van der Waals surface area contributed by atoms with Gasteiger partial charge in [-0.15, -0.1) is 0 Å². The van der Waals surface area contributed by atoms with Gasteiger partial charge in [0.2, 0.25) is 0 Å². The standard InChI is InChI=1S/C12H20N2O/c1-4-10(3)14-9-8-11(13-14)6-7-12(15)5-2/h8-10H,4-7H2,1-3H3. The maximum Gasteiger partial charge on any atom is 0.133 e. The van der Waals surface area contributed by atoms with E-state index >= 15 is 0 Å². The second-order valence-corrected chi connectivity index (χ2v) is 3.94. The Morgan fingerprint density at radius 3 is 2.87 bits per heavy atom. The number of carbonyl (C=O) groups excluding carboxylic acids is 1. The molecular weight excluding hydrogens is 188 g/mol. The molecule has 0 N–H and O–H groups in total. The van der Waals surface area contributed by atoms with Crippen molar-refractivity contribution in [2.75, 3.05) is 0 Å². The molecule has 0 aliphatic rings. The Hall–Kier alpha value is -1.12. The smallest absolute Gasteiger partial charge is 0.133 e. The van der Waals surface area contributed by atoms with Crippen LogP contribution in [0.5, 0.6) is 0 Å². The number of nitrogens with zero attached hydrogens (tertiary/aromatic N) is 2. The van der Waals surface area contributed by atoms with Gasteiger partial charge in [0.25, 0.3) is 0 Å². The Morgan fingerprint density at radius 2 is 2.27 bits per heavy atom. The lowest BCUT2D eigenvalue weighted by Gasteiger charge is -2.07. The summed E-state index contributed by atoms with van der Waals surface area (Å²) in [5.41, 5.74) is 1.03. The van der Waals surface area contributed by atoms with Crippen LogP contribution in [0.25, 0.3) is 0 Å². The fourth-order valence-corrected chi connectivity index (χ4v) is 1.39. The van der Waals surface area contributed by atoms with Gasteiger partial charge in [0, 0.05) is 25.1 Å². The lowest BCUT2D eigenvalue weighted by atomic mass is 10.1. The molecule has 1 aromatic heterocycles. The first kappa shape index (κ1) is 12.0. The lowest BCUT2D eigenvalue weighted by molar-refractivity contribution is -0.118. The van der Waals surface area contributed by atoms with E-state index in [9.17, 15) is 4.79 Å². The molecule has 0 radical (unpaired) electrons. The molecule has 0 bridgehead atoms. The third-order valence-electron chi connectivity index (χ3n) is 2.76. The predicted octanol–water partition coefficient (Wildman–Crippen LogP) is 2.77. The highest BCUT2D eigenvalue weighted by Crippen LogP contribution is 2.10. The largest absolute Gasteiger partial charge is 0.300 e. The van der Waals surface area contributed by atoms with Crippen molar-refractivity contribution in [3.05, 3.63) is 18.0 Å². The van der Waals surface area contributed by atoms with Gasteiger partial charge in [-0.3, -0.25) is 9.48 Å². The van der Waals surface area contributed by atoms with Gasteiger partial charge in [0.15, 0.2) is 0 Å². The molecule has 1 heterocycles. The van der Waals surface area contributed by atoms with E-state index < -0.39 is 0 Å². The van der Waals surface area contributed by atoms with Crippen LogP contribution in [0.1, 0.15) is 51.8 Å². The molecule has 15 heavy (non-hydrogen) atoms. The molecule has 3 nitrogen and oxygen atoms in total. The first-order valence-corrected chi connectivity index (χ1v) is 5.73. The number of Topliss-reactive ketones (excluding diaryl/α,β-unsaturated/α-hetero) is 1. The summed E-state index contributed by atoms with van der Waals surface area (Å²) in [6.07, 6.45) is 5.10. The zero-order chi connectivity index (χ0) is 11.3. The van der Waals surface area contributed by atoms with E-state index in [1.165, 1.54) is 0 Å². The minimum Gasteiger partial charge on any atom is -0.300 e. The number of hydrogen-bond donors (Lipinski definition) is 0. The Morgan fingerprint density at radius 1 is 1.53 bits per heavy atom. The van der Waals surface area contributed by atoms with Crippen molar-refractivity contribution in [1.82, 2.24) is 9.78 Å². The molecule has 0 fully saturated rings. The van der Waals surface area contributed by atoms with Gasteiger partial charge < -0.3 is 0 Å². The summed E-state index contributed by atoms with van der Waals surface area (Å²) in [5, 5.41) is 4.45. The fourth-order valence-electron chi connectivity index (χ4n) is 1.39. The normalized spacial score (nSPS) is 12.7. The van der Waals surface area contributed by atoms with Crippen LogP contribution in [0.2, 0.25) is 0 Å². The van der Waals surface area contributed by atoms with Crippen LogP contribution in [0, 0.1) is 0 Å². The fraction of sp³-hybridized carbons (Fsp3) is 0.667. The van der Waals surface area contributed by atoms with Gasteiger partial charge in [-0.1, -0.05) is 13.8 Å². The summed E-state index contributed by atoms with van der Waals surface area (Å²) in [6, 6.07) is 2.45. The summed E-state index contributed by atoms with van der Waals surface area (Å²) >= 11 is 0. The van der Waals surface area contributed by atoms with E-state index in [0.717, 1.165) is 18.5 Å². The van der Waals surface area contributed by atoms with Crippen molar-refractivity contribution in [1.29, 1.82) is 0 Å². The van der Waals surface area contributed by atoms with E-state index in [4.69, 9.17) is 0 Å². The molecule has 0 aliphatic carbocycles. The number of hydrogen-bond acceptors (Lipinski definition) is 2. The maximum atomic E-state index is 11.1. The average molecular weight is 208 g/mol. The van der Waals surface area contributed by atoms with Crippen LogP contribution < -0.4 is 0 Å². The summed E-state index contributed by atoms with van der Waals surface area (Å²) in [5.74, 6) is 0.313. The quantitative estimate of drug-likeness (QED) is 0.720. The maximum absolute atomic E-state index is 11.1. The van der Waals surface area contributed by atoms with E-state index in [2.05, 4.69) is 18.9 Å². The van der Waals surface area contributed by atoms with E-state index in [0.29, 0.717) is 24.7 Å². The summed E-state index contributed by atoms with van der Waals surface area (Å²) in [4.78, 5) is 11.1. The molecule has 1 atom stereocenters. The topological polar surface area (TPSA) is 34.9 Å². The molecule has 0 amide bonds. The average Bonchev–Trinajstić information content (AvgIpc) is 2.73. The zero-order valence-electron chi connectivity index (χ0n) is 9.86. The monoisotopic (exact) mass is 208 g/mol.